The molecule has 0 amide bonds. The molecule has 0 bridgehead atoms. The van der Waals surface area contributed by atoms with Crippen LogP contribution < -0.4 is 5.32 Å². The third kappa shape index (κ3) is 4.93. The number of hydrogen-bond donors (Lipinski definition) is 1. The highest BCUT2D eigenvalue weighted by molar-refractivity contribution is 6.31. The van der Waals surface area contributed by atoms with Crippen LogP contribution in [0.1, 0.15) is 31.9 Å². The van der Waals surface area contributed by atoms with Crippen LogP contribution >= 0.6 is 11.6 Å². The van der Waals surface area contributed by atoms with Gasteiger partial charge in [0.1, 0.15) is 5.82 Å². The molecular formula is C15H23ClN2O2. The minimum atomic E-state index is 0.470. The molecule has 1 N–H and O–H groups in total. The van der Waals surface area contributed by atoms with Crippen molar-refractivity contribution in [2.24, 2.45) is 5.92 Å². The SMILES string of the molecule is CCCNc1ccc(Cl)c(COCC2CCOCC2)n1. The lowest BCUT2D eigenvalue weighted by Gasteiger charge is -2.21. The molecule has 4 nitrogen and oxygen atoms in total. The Kier molecular flexibility index (Phi) is 6.57. The van der Waals surface area contributed by atoms with Gasteiger partial charge in [-0.1, -0.05) is 18.5 Å². The molecule has 0 unspecified atom stereocenters. The quantitative estimate of drug-likeness (QED) is 0.837. The van der Waals surface area contributed by atoms with Crippen LogP contribution in [-0.4, -0.2) is 31.3 Å². The lowest BCUT2D eigenvalue weighted by molar-refractivity contribution is 0.0150. The maximum absolute atomic E-state index is 6.16. The van der Waals surface area contributed by atoms with E-state index in [1.807, 2.05) is 12.1 Å². The van der Waals surface area contributed by atoms with E-state index >= 15 is 0 Å². The van der Waals surface area contributed by atoms with Gasteiger partial charge in [0.15, 0.2) is 0 Å². The average Bonchev–Trinajstić information content (AvgIpc) is 2.49. The van der Waals surface area contributed by atoms with Gasteiger partial charge in [-0.25, -0.2) is 4.98 Å². The smallest absolute Gasteiger partial charge is 0.126 e. The van der Waals surface area contributed by atoms with Gasteiger partial charge in [-0.05, 0) is 37.3 Å². The van der Waals surface area contributed by atoms with E-state index in [1.165, 1.54) is 0 Å². The summed E-state index contributed by atoms with van der Waals surface area (Å²) in [6, 6.07) is 3.78. The van der Waals surface area contributed by atoms with Crippen LogP contribution in [0, 0.1) is 5.92 Å². The molecule has 0 atom stereocenters. The van der Waals surface area contributed by atoms with Gasteiger partial charge in [-0.2, -0.15) is 0 Å². The van der Waals surface area contributed by atoms with Crippen LogP contribution in [0.3, 0.4) is 0 Å². The van der Waals surface area contributed by atoms with E-state index in [-0.39, 0.29) is 0 Å². The van der Waals surface area contributed by atoms with E-state index in [4.69, 9.17) is 21.1 Å². The Morgan fingerprint density at radius 1 is 1.40 bits per heavy atom. The van der Waals surface area contributed by atoms with Crippen LogP contribution in [0.15, 0.2) is 12.1 Å². The summed E-state index contributed by atoms with van der Waals surface area (Å²) in [7, 11) is 0. The molecule has 1 aromatic heterocycles. The van der Waals surface area contributed by atoms with Crippen LogP contribution in [-0.2, 0) is 16.1 Å². The third-order valence-electron chi connectivity index (χ3n) is 3.41. The van der Waals surface area contributed by atoms with Crippen molar-refractivity contribution >= 4 is 17.4 Å². The molecule has 0 aliphatic carbocycles. The summed E-state index contributed by atoms with van der Waals surface area (Å²) < 4.78 is 11.1. The zero-order chi connectivity index (χ0) is 14.2. The molecule has 112 valence electrons. The Bertz CT molecular complexity index is 409. The fraction of sp³-hybridized carbons (Fsp3) is 0.667. The first kappa shape index (κ1) is 15.5. The largest absolute Gasteiger partial charge is 0.381 e. The minimum Gasteiger partial charge on any atom is -0.381 e. The van der Waals surface area contributed by atoms with E-state index in [1.54, 1.807) is 0 Å². The molecule has 1 aromatic rings. The molecule has 1 aliphatic heterocycles. The summed E-state index contributed by atoms with van der Waals surface area (Å²) >= 11 is 6.16. The van der Waals surface area contributed by atoms with Crippen LogP contribution in [0.2, 0.25) is 5.02 Å². The van der Waals surface area contributed by atoms with Gasteiger partial charge in [0.05, 0.1) is 23.9 Å². The van der Waals surface area contributed by atoms with Crippen molar-refractivity contribution in [2.45, 2.75) is 32.8 Å². The maximum Gasteiger partial charge on any atom is 0.126 e. The Morgan fingerprint density at radius 3 is 2.95 bits per heavy atom. The van der Waals surface area contributed by atoms with E-state index in [2.05, 4.69) is 17.2 Å². The van der Waals surface area contributed by atoms with Gasteiger partial charge in [-0.3, -0.25) is 0 Å². The molecule has 1 fully saturated rings. The predicted molar refractivity (Wildman–Crippen MR) is 81.2 cm³/mol. The molecule has 0 aromatic carbocycles. The fourth-order valence-electron chi connectivity index (χ4n) is 2.17. The number of halogens is 1. The monoisotopic (exact) mass is 298 g/mol. The van der Waals surface area contributed by atoms with Gasteiger partial charge in [0.2, 0.25) is 0 Å². The molecule has 5 heteroatoms. The summed E-state index contributed by atoms with van der Waals surface area (Å²) in [5.41, 5.74) is 0.805. The highest BCUT2D eigenvalue weighted by atomic mass is 35.5. The standard InChI is InChI=1S/C15H23ClN2O2/c1-2-7-17-15-4-3-13(16)14(18-15)11-20-10-12-5-8-19-9-6-12/h3-4,12H,2,5-11H2,1H3,(H,17,18). The van der Waals surface area contributed by atoms with Gasteiger partial charge in [0, 0.05) is 19.8 Å². The Hall–Kier alpha value is -0.840. The highest BCUT2D eigenvalue weighted by Gasteiger charge is 2.14. The first-order valence-corrected chi connectivity index (χ1v) is 7.72. The number of nitrogens with zero attached hydrogens (tertiary/aromatic N) is 1. The van der Waals surface area contributed by atoms with E-state index < -0.39 is 0 Å². The van der Waals surface area contributed by atoms with Gasteiger partial charge in [0.25, 0.3) is 0 Å². The molecule has 0 saturated carbocycles. The third-order valence-corrected chi connectivity index (χ3v) is 3.75. The average molecular weight is 299 g/mol. The zero-order valence-corrected chi connectivity index (χ0v) is 12.8. The molecule has 20 heavy (non-hydrogen) atoms. The minimum absolute atomic E-state index is 0.470. The molecule has 1 saturated heterocycles. The van der Waals surface area contributed by atoms with Crippen molar-refractivity contribution in [1.82, 2.24) is 4.98 Å². The van der Waals surface area contributed by atoms with Crippen molar-refractivity contribution in [3.63, 3.8) is 0 Å². The van der Waals surface area contributed by atoms with Crippen LogP contribution in [0.5, 0.6) is 0 Å². The van der Waals surface area contributed by atoms with Gasteiger partial charge in [-0.15, -0.1) is 0 Å². The number of rotatable bonds is 7. The first-order chi connectivity index (χ1) is 9.79. The maximum atomic E-state index is 6.16. The summed E-state index contributed by atoms with van der Waals surface area (Å²) in [6.07, 6.45) is 3.23. The molecule has 1 aliphatic rings. The summed E-state index contributed by atoms with van der Waals surface area (Å²) in [6.45, 7) is 5.97. The number of hydrogen-bond acceptors (Lipinski definition) is 4. The van der Waals surface area contributed by atoms with Crippen molar-refractivity contribution in [3.05, 3.63) is 22.8 Å². The number of pyridine rings is 1. The molecular weight excluding hydrogens is 276 g/mol. The summed E-state index contributed by atoms with van der Waals surface area (Å²) in [5.74, 6) is 1.46. The lowest BCUT2D eigenvalue weighted by atomic mass is 10.0. The molecule has 0 radical (unpaired) electrons. The Labute approximate surface area is 125 Å². The summed E-state index contributed by atoms with van der Waals surface area (Å²) in [5, 5.41) is 3.93. The second-order valence-electron chi connectivity index (χ2n) is 5.12. The number of aromatic nitrogens is 1. The number of nitrogens with one attached hydrogen (secondary N) is 1. The molecule has 2 rings (SSSR count). The Morgan fingerprint density at radius 2 is 2.20 bits per heavy atom. The number of ether oxygens (including phenoxy) is 2. The van der Waals surface area contributed by atoms with Gasteiger partial charge >= 0.3 is 0 Å². The van der Waals surface area contributed by atoms with Gasteiger partial charge < -0.3 is 14.8 Å². The second kappa shape index (κ2) is 8.45. The topological polar surface area (TPSA) is 43.4 Å². The second-order valence-corrected chi connectivity index (χ2v) is 5.53. The summed E-state index contributed by atoms with van der Waals surface area (Å²) in [4.78, 5) is 4.50. The van der Waals surface area contributed by atoms with Crippen molar-refractivity contribution in [2.75, 3.05) is 31.7 Å². The van der Waals surface area contributed by atoms with E-state index in [0.29, 0.717) is 17.5 Å². The highest BCUT2D eigenvalue weighted by Crippen LogP contribution is 2.19. The Balaban J connectivity index is 1.81. The van der Waals surface area contributed by atoms with Crippen LogP contribution in [0.4, 0.5) is 5.82 Å². The zero-order valence-electron chi connectivity index (χ0n) is 12.0. The van der Waals surface area contributed by atoms with Crippen LogP contribution in [0.25, 0.3) is 0 Å². The number of anilines is 1. The van der Waals surface area contributed by atoms with Crippen molar-refractivity contribution < 1.29 is 9.47 Å². The van der Waals surface area contributed by atoms with Crippen molar-refractivity contribution in [3.8, 4) is 0 Å². The predicted octanol–water partition coefficient (Wildman–Crippen LogP) is 3.50. The molecule has 2 heterocycles. The fourth-order valence-corrected chi connectivity index (χ4v) is 2.33. The van der Waals surface area contributed by atoms with Crippen molar-refractivity contribution in [1.29, 1.82) is 0 Å². The van der Waals surface area contributed by atoms with E-state index in [9.17, 15) is 0 Å². The molecule has 0 spiro atoms. The first-order valence-electron chi connectivity index (χ1n) is 7.34. The van der Waals surface area contributed by atoms with E-state index in [0.717, 1.165) is 57.1 Å². The normalized spacial score (nSPS) is 16.3. The lowest BCUT2D eigenvalue weighted by Crippen LogP contribution is -2.20.